The van der Waals surface area contributed by atoms with Gasteiger partial charge in [0.05, 0.1) is 6.54 Å². The van der Waals surface area contributed by atoms with Gasteiger partial charge in [0.25, 0.3) is 0 Å². The van der Waals surface area contributed by atoms with Gasteiger partial charge in [-0.2, -0.15) is 0 Å². The Morgan fingerprint density at radius 2 is 1.77 bits per heavy atom. The summed E-state index contributed by atoms with van der Waals surface area (Å²) >= 11 is 0. The van der Waals surface area contributed by atoms with Crippen LogP contribution in [0.2, 0.25) is 0 Å². The number of phenols is 2. The minimum atomic E-state index is -1.07. The smallest absolute Gasteiger partial charge is 0.246 e. The summed E-state index contributed by atoms with van der Waals surface area (Å²) in [6, 6.07) is 15.9. The summed E-state index contributed by atoms with van der Waals surface area (Å²) in [5.74, 6) is -0.321. The Morgan fingerprint density at radius 1 is 0.967 bits per heavy atom. The van der Waals surface area contributed by atoms with Crippen molar-refractivity contribution in [2.75, 3.05) is 11.5 Å². The fourth-order valence-corrected chi connectivity index (χ4v) is 4.46. The van der Waals surface area contributed by atoms with Crippen molar-refractivity contribution in [2.45, 2.75) is 12.0 Å². The third-order valence-electron chi connectivity index (χ3n) is 5.90. The molecule has 2 aliphatic heterocycles. The highest BCUT2D eigenvalue weighted by atomic mass is 16.6. The molecule has 8 heteroatoms. The number of phenolic OH excluding ortho intramolecular Hbond substituents is 2. The molecule has 1 spiro atoms. The average molecular weight is 401 g/mol. The minimum absolute atomic E-state index is 0.101. The van der Waals surface area contributed by atoms with Gasteiger partial charge in [-0.05, 0) is 45.7 Å². The first-order valence-corrected chi connectivity index (χ1v) is 9.40. The summed E-state index contributed by atoms with van der Waals surface area (Å²) in [7, 11) is 0. The van der Waals surface area contributed by atoms with Crippen molar-refractivity contribution in [3.05, 3.63) is 71.3 Å². The van der Waals surface area contributed by atoms with Gasteiger partial charge in [0.1, 0.15) is 28.8 Å². The molecule has 3 aromatic carbocycles. The van der Waals surface area contributed by atoms with Gasteiger partial charge in [0.2, 0.25) is 5.91 Å². The lowest BCUT2D eigenvalue weighted by Gasteiger charge is -2.23. The molecule has 2 aliphatic rings. The Bertz CT molecular complexity index is 1350. The summed E-state index contributed by atoms with van der Waals surface area (Å²) in [5.41, 5.74) is 3.22. The van der Waals surface area contributed by atoms with Crippen LogP contribution in [0.5, 0.6) is 17.2 Å². The van der Waals surface area contributed by atoms with Gasteiger partial charge >= 0.3 is 0 Å². The van der Waals surface area contributed by atoms with Crippen molar-refractivity contribution in [1.29, 1.82) is 0 Å². The number of amides is 1. The zero-order valence-electron chi connectivity index (χ0n) is 15.6. The number of aromatic nitrogens is 2. The second kappa shape index (κ2) is 5.73. The number of benzene rings is 3. The third kappa shape index (κ3) is 2.07. The van der Waals surface area contributed by atoms with Gasteiger partial charge in [-0.25, -0.2) is 4.63 Å². The Kier molecular flexibility index (Phi) is 3.22. The molecule has 6 rings (SSSR count). The number of hydrogen-bond acceptors (Lipinski definition) is 7. The van der Waals surface area contributed by atoms with E-state index in [1.807, 2.05) is 36.4 Å². The van der Waals surface area contributed by atoms with E-state index in [1.165, 1.54) is 12.1 Å². The van der Waals surface area contributed by atoms with E-state index in [9.17, 15) is 15.0 Å². The third-order valence-corrected chi connectivity index (χ3v) is 5.90. The molecule has 3 heterocycles. The lowest BCUT2D eigenvalue weighted by atomic mass is 9.77. The van der Waals surface area contributed by atoms with Crippen molar-refractivity contribution in [3.63, 3.8) is 0 Å². The molecule has 1 amide bonds. The van der Waals surface area contributed by atoms with Gasteiger partial charge in [-0.1, -0.05) is 24.3 Å². The van der Waals surface area contributed by atoms with Crippen molar-refractivity contribution in [2.24, 2.45) is 0 Å². The van der Waals surface area contributed by atoms with Gasteiger partial charge in [-0.3, -0.25) is 4.79 Å². The maximum atomic E-state index is 13.8. The Balaban J connectivity index is 1.49. The van der Waals surface area contributed by atoms with E-state index in [0.717, 1.165) is 16.8 Å². The van der Waals surface area contributed by atoms with Crippen LogP contribution in [-0.2, 0) is 16.8 Å². The maximum absolute atomic E-state index is 13.8. The molecule has 0 bridgehead atoms. The van der Waals surface area contributed by atoms with Gasteiger partial charge < -0.3 is 19.8 Å². The summed E-state index contributed by atoms with van der Waals surface area (Å²) in [6.07, 6.45) is 0. The zero-order valence-corrected chi connectivity index (χ0v) is 15.6. The quantitative estimate of drug-likeness (QED) is 0.497. The normalized spacial score (nSPS) is 19.3. The van der Waals surface area contributed by atoms with Crippen molar-refractivity contribution in [1.82, 2.24) is 10.3 Å². The van der Waals surface area contributed by atoms with E-state index >= 15 is 0 Å². The van der Waals surface area contributed by atoms with Crippen LogP contribution >= 0.6 is 0 Å². The molecule has 0 radical (unpaired) electrons. The summed E-state index contributed by atoms with van der Waals surface area (Å²) in [5, 5.41) is 27.6. The molecule has 1 aromatic heterocycles. The lowest BCUT2D eigenvalue weighted by molar-refractivity contribution is -0.122. The van der Waals surface area contributed by atoms with Crippen LogP contribution in [0.25, 0.3) is 11.0 Å². The second-order valence-electron chi connectivity index (χ2n) is 7.53. The number of carbonyl (C=O) groups is 1. The summed E-state index contributed by atoms with van der Waals surface area (Å²) in [6.45, 7) is 0.434. The molecule has 2 N–H and O–H groups in total. The van der Waals surface area contributed by atoms with E-state index in [0.29, 0.717) is 28.9 Å². The van der Waals surface area contributed by atoms with Crippen LogP contribution < -0.4 is 9.64 Å². The Morgan fingerprint density at radius 3 is 2.67 bits per heavy atom. The number of ether oxygens (including phenoxy) is 1. The topological polar surface area (TPSA) is 109 Å². The van der Waals surface area contributed by atoms with Crippen LogP contribution in [0.4, 0.5) is 5.69 Å². The zero-order chi connectivity index (χ0) is 20.5. The van der Waals surface area contributed by atoms with Crippen LogP contribution in [0.1, 0.15) is 16.7 Å². The molecule has 0 saturated carbocycles. The number of para-hydroxylation sites is 1. The molecular formula is C22H15N3O5. The SMILES string of the molecule is O=C1N(Cc2ccc3nonc3c2)c2ccccc2C12COc1cc(O)c(O)cc12. The fraction of sp³-hybridized carbons (Fsp3) is 0.136. The van der Waals surface area contributed by atoms with Crippen molar-refractivity contribution >= 4 is 22.6 Å². The number of rotatable bonds is 2. The summed E-state index contributed by atoms with van der Waals surface area (Å²) in [4.78, 5) is 15.5. The predicted molar refractivity (Wildman–Crippen MR) is 105 cm³/mol. The molecule has 4 aromatic rings. The predicted octanol–water partition coefficient (Wildman–Crippen LogP) is 2.86. The molecule has 30 heavy (non-hydrogen) atoms. The maximum Gasteiger partial charge on any atom is 0.246 e. The van der Waals surface area contributed by atoms with Crippen LogP contribution in [0.15, 0.2) is 59.2 Å². The second-order valence-corrected chi connectivity index (χ2v) is 7.53. The number of nitrogens with zero attached hydrogens (tertiary/aromatic N) is 3. The van der Waals surface area contributed by atoms with E-state index in [2.05, 4.69) is 10.3 Å². The molecule has 0 saturated heterocycles. The van der Waals surface area contributed by atoms with E-state index in [-0.39, 0.29) is 24.0 Å². The molecular weight excluding hydrogens is 386 g/mol. The molecule has 0 fully saturated rings. The van der Waals surface area contributed by atoms with Crippen LogP contribution in [0, 0.1) is 0 Å². The van der Waals surface area contributed by atoms with Crippen LogP contribution in [-0.4, -0.2) is 33.0 Å². The Hall–Kier alpha value is -4.07. The number of fused-ring (bicyclic) bond motifs is 5. The summed E-state index contributed by atoms with van der Waals surface area (Å²) < 4.78 is 10.6. The highest BCUT2D eigenvalue weighted by Crippen LogP contribution is 2.54. The van der Waals surface area contributed by atoms with Crippen molar-refractivity contribution < 1.29 is 24.4 Å². The average Bonchev–Trinajstić information content (AvgIpc) is 3.42. The van der Waals surface area contributed by atoms with E-state index in [1.54, 1.807) is 11.0 Å². The first kappa shape index (κ1) is 16.8. The Labute approximate surface area is 169 Å². The minimum Gasteiger partial charge on any atom is -0.504 e. The number of anilines is 1. The number of aromatic hydroxyl groups is 2. The highest BCUT2D eigenvalue weighted by molar-refractivity contribution is 6.11. The van der Waals surface area contributed by atoms with Gasteiger partial charge in [0, 0.05) is 17.3 Å². The van der Waals surface area contributed by atoms with Gasteiger partial charge in [-0.15, -0.1) is 0 Å². The monoisotopic (exact) mass is 401 g/mol. The van der Waals surface area contributed by atoms with Crippen LogP contribution in [0.3, 0.4) is 0 Å². The molecule has 1 unspecified atom stereocenters. The van der Waals surface area contributed by atoms with E-state index in [4.69, 9.17) is 9.37 Å². The largest absolute Gasteiger partial charge is 0.504 e. The highest BCUT2D eigenvalue weighted by Gasteiger charge is 2.57. The van der Waals surface area contributed by atoms with Crippen molar-refractivity contribution in [3.8, 4) is 17.2 Å². The first-order chi connectivity index (χ1) is 14.6. The number of hydrogen-bond donors (Lipinski definition) is 2. The lowest BCUT2D eigenvalue weighted by Crippen LogP contribution is -2.42. The molecule has 148 valence electrons. The molecule has 1 atom stereocenters. The molecule has 8 nitrogen and oxygen atoms in total. The van der Waals surface area contributed by atoms with E-state index < -0.39 is 5.41 Å². The standard InChI is InChI=1S/C22H15N3O5/c26-18-8-14-20(9-19(18)27)29-11-22(14)13-3-1-2-4-17(13)25(21(22)28)10-12-5-6-15-16(7-12)24-30-23-15/h1-9,26-27H,10-11H2. The fourth-order valence-electron chi connectivity index (χ4n) is 4.46. The van der Waals surface area contributed by atoms with Gasteiger partial charge in [0.15, 0.2) is 11.5 Å². The first-order valence-electron chi connectivity index (χ1n) is 9.40. The molecule has 0 aliphatic carbocycles. The number of carbonyl (C=O) groups excluding carboxylic acids is 1.